The van der Waals surface area contributed by atoms with Crippen molar-refractivity contribution in [2.45, 2.75) is 12.2 Å². The van der Waals surface area contributed by atoms with Gasteiger partial charge in [0.25, 0.3) is 5.56 Å². The Labute approximate surface area is 209 Å². The van der Waals surface area contributed by atoms with E-state index in [4.69, 9.17) is 9.47 Å². The van der Waals surface area contributed by atoms with Crippen molar-refractivity contribution in [3.63, 3.8) is 0 Å². The van der Waals surface area contributed by atoms with E-state index < -0.39 is 35.6 Å². The second kappa shape index (κ2) is 9.50. The largest absolute Gasteiger partial charge is 0.423 e. The van der Waals surface area contributed by atoms with E-state index in [9.17, 15) is 29.9 Å². The first kappa shape index (κ1) is 23.6. The highest BCUT2D eigenvalue weighted by Crippen LogP contribution is 2.44. The quantitative estimate of drug-likeness (QED) is 0.406. The molecule has 182 valence electrons. The number of nitrogens with zero attached hydrogens (tertiary/aromatic N) is 3. The van der Waals surface area contributed by atoms with Crippen molar-refractivity contribution < 1.29 is 29.3 Å². The Morgan fingerprint density at radius 3 is 2.14 bits per heavy atom. The Morgan fingerprint density at radius 1 is 0.811 bits per heavy atom. The zero-order chi connectivity index (χ0) is 26.1. The molecule has 0 aliphatic carbocycles. The fraction of sp³-hybridized carbons (Fsp3) is 0.0741. The van der Waals surface area contributed by atoms with Gasteiger partial charge in [0.2, 0.25) is 5.88 Å². The van der Waals surface area contributed by atoms with Crippen LogP contribution < -0.4 is 15.0 Å². The van der Waals surface area contributed by atoms with Crippen LogP contribution in [0.4, 0.5) is 0 Å². The third kappa shape index (κ3) is 4.04. The minimum absolute atomic E-state index is 0.0743. The number of aromatic nitrogens is 2. The van der Waals surface area contributed by atoms with E-state index in [0.29, 0.717) is 0 Å². The summed E-state index contributed by atoms with van der Waals surface area (Å²) in [5.41, 5.74) is -0.413. The number of nitriles is 1. The SMILES string of the molecule is N#Cc1ccccc1-c1c2c(-c3ccccn3)c(n(-c3ccccc3)c1=O)OC(=O)C(O)C(O)C(=O)O2. The third-order valence-corrected chi connectivity index (χ3v) is 5.72. The Hall–Kier alpha value is -5.11. The summed E-state index contributed by atoms with van der Waals surface area (Å²) in [4.78, 5) is 44.1. The Bertz CT molecular complexity index is 1630. The number of hydrogen-bond acceptors (Lipinski definition) is 9. The topological polar surface area (TPSA) is 152 Å². The summed E-state index contributed by atoms with van der Waals surface area (Å²) in [6, 6.07) is 21.2. The predicted octanol–water partition coefficient (Wildman–Crippen LogP) is 1.98. The Balaban J connectivity index is 2.02. The van der Waals surface area contributed by atoms with Crippen molar-refractivity contribution in [1.82, 2.24) is 9.55 Å². The molecule has 2 N–H and O–H groups in total. The van der Waals surface area contributed by atoms with E-state index >= 15 is 0 Å². The lowest BCUT2D eigenvalue weighted by molar-refractivity contribution is -0.162. The van der Waals surface area contributed by atoms with Crippen LogP contribution in [0, 0.1) is 11.3 Å². The van der Waals surface area contributed by atoms with Gasteiger partial charge in [0.1, 0.15) is 5.56 Å². The van der Waals surface area contributed by atoms with Gasteiger partial charge in [-0.05, 0) is 30.3 Å². The summed E-state index contributed by atoms with van der Waals surface area (Å²) < 4.78 is 12.1. The van der Waals surface area contributed by atoms with Crippen LogP contribution in [0.1, 0.15) is 5.56 Å². The van der Waals surface area contributed by atoms with Gasteiger partial charge >= 0.3 is 11.9 Å². The summed E-state index contributed by atoms with van der Waals surface area (Å²) in [5.74, 6) is -3.57. The molecule has 37 heavy (non-hydrogen) atoms. The molecule has 0 fully saturated rings. The molecule has 0 saturated carbocycles. The molecule has 1 aliphatic heterocycles. The van der Waals surface area contributed by atoms with Crippen LogP contribution in [0.15, 0.2) is 83.8 Å². The molecule has 2 unspecified atom stereocenters. The number of carbonyl (C=O) groups excluding carboxylic acids is 2. The number of aliphatic hydroxyl groups excluding tert-OH is 2. The number of fused-ring (bicyclic) bond motifs is 2. The van der Waals surface area contributed by atoms with Gasteiger partial charge in [0.15, 0.2) is 18.0 Å². The number of para-hydroxylation sites is 1. The first-order chi connectivity index (χ1) is 17.9. The number of benzene rings is 2. The highest BCUT2D eigenvalue weighted by atomic mass is 16.6. The van der Waals surface area contributed by atoms with Crippen LogP contribution in [-0.2, 0) is 9.59 Å². The molecular weight excluding hydrogens is 478 g/mol. The van der Waals surface area contributed by atoms with E-state index in [0.717, 1.165) is 4.57 Å². The predicted molar refractivity (Wildman–Crippen MR) is 129 cm³/mol. The van der Waals surface area contributed by atoms with Crippen LogP contribution in [0.5, 0.6) is 11.6 Å². The molecule has 0 radical (unpaired) electrons. The maximum atomic E-state index is 14.1. The van der Waals surface area contributed by atoms with Crippen molar-refractivity contribution in [1.29, 1.82) is 5.26 Å². The lowest BCUT2D eigenvalue weighted by Crippen LogP contribution is -2.43. The molecule has 2 atom stereocenters. The summed E-state index contributed by atoms with van der Waals surface area (Å²) in [7, 11) is 0. The summed E-state index contributed by atoms with van der Waals surface area (Å²) >= 11 is 0. The van der Waals surface area contributed by atoms with Gasteiger partial charge in [-0.15, -0.1) is 0 Å². The maximum absolute atomic E-state index is 14.1. The van der Waals surface area contributed by atoms with E-state index in [2.05, 4.69) is 4.98 Å². The summed E-state index contributed by atoms with van der Waals surface area (Å²) in [6.45, 7) is 0. The number of carbonyl (C=O) groups is 2. The summed E-state index contributed by atoms with van der Waals surface area (Å²) in [5, 5.41) is 30.3. The lowest BCUT2D eigenvalue weighted by atomic mass is 9.97. The van der Waals surface area contributed by atoms with E-state index in [1.807, 2.05) is 6.07 Å². The number of pyridine rings is 2. The first-order valence-electron chi connectivity index (χ1n) is 11.0. The maximum Gasteiger partial charge on any atom is 0.345 e. The van der Waals surface area contributed by atoms with Gasteiger partial charge in [-0.2, -0.15) is 5.26 Å². The second-order valence-electron chi connectivity index (χ2n) is 7.96. The van der Waals surface area contributed by atoms with E-state index in [1.54, 1.807) is 54.6 Å². The van der Waals surface area contributed by atoms with Crippen molar-refractivity contribution in [2.75, 3.05) is 0 Å². The first-order valence-corrected chi connectivity index (χ1v) is 11.0. The molecule has 3 heterocycles. The van der Waals surface area contributed by atoms with Crippen LogP contribution in [-0.4, -0.2) is 43.9 Å². The number of esters is 2. The molecular formula is C27H17N3O7. The van der Waals surface area contributed by atoms with Crippen LogP contribution >= 0.6 is 0 Å². The summed E-state index contributed by atoms with van der Waals surface area (Å²) in [6.07, 6.45) is -3.17. The van der Waals surface area contributed by atoms with Crippen molar-refractivity contribution in [3.05, 3.63) is 94.9 Å². The monoisotopic (exact) mass is 495 g/mol. The number of hydrogen-bond donors (Lipinski definition) is 2. The molecule has 2 aromatic heterocycles. The highest BCUT2D eigenvalue weighted by molar-refractivity contribution is 5.95. The second-order valence-corrected chi connectivity index (χ2v) is 7.96. The van der Waals surface area contributed by atoms with Gasteiger partial charge < -0.3 is 19.7 Å². The number of aliphatic hydroxyl groups is 2. The molecule has 10 heteroatoms. The van der Waals surface area contributed by atoms with Gasteiger partial charge in [-0.1, -0.05) is 42.5 Å². The molecule has 1 aliphatic rings. The van der Waals surface area contributed by atoms with Crippen LogP contribution in [0.3, 0.4) is 0 Å². The zero-order valence-electron chi connectivity index (χ0n) is 18.9. The standard InChI is InChI=1S/C27H17N3O7/c28-14-15-8-4-5-11-17(15)19-23-20(18-12-6-7-13-29-18)25(30(24(19)33)16-9-2-1-3-10-16)37-27(35)22(32)21(31)26(34)36-23/h1-13,21-22,31-32H. The van der Waals surface area contributed by atoms with E-state index in [-0.39, 0.29) is 39.4 Å². The zero-order valence-corrected chi connectivity index (χ0v) is 18.9. The fourth-order valence-electron chi connectivity index (χ4n) is 3.99. The molecule has 2 aromatic carbocycles. The number of ether oxygens (including phenoxy) is 2. The Morgan fingerprint density at radius 2 is 1.46 bits per heavy atom. The van der Waals surface area contributed by atoms with Crippen LogP contribution in [0.2, 0.25) is 0 Å². The average molecular weight is 495 g/mol. The third-order valence-electron chi connectivity index (χ3n) is 5.72. The minimum Gasteiger partial charge on any atom is -0.423 e. The number of rotatable bonds is 3. The van der Waals surface area contributed by atoms with Gasteiger partial charge in [0.05, 0.1) is 28.6 Å². The Kier molecular flexibility index (Phi) is 6.07. The molecule has 5 rings (SSSR count). The molecule has 0 saturated heterocycles. The van der Waals surface area contributed by atoms with Crippen molar-refractivity contribution in [2.24, 2.45) is 0 Å². The highest BCUT2D eigenvalue weighted by Gasteiger charge is 2.40. The normalized spacial score (nSPS) is 17.0. The molecule has 2 bridgehead atoms. The molecule has 0 amide bonds. The van der Waals surface area contributed by atoms with E-state index in [1.165, 1.54) is 24.4 Å². The van der Waals surface area contributed by atoms with Crippen molar-refractivity contribution >= 4 is 11.9 Å². The molecule has 4 aromatic rings. The smallest absolute Gasteiger partial charge is 0.345 e. The van der Waals surface area contributed by atoms with Crippen molar-refractivity contribution in [3.8, 4) is 45.8 Å². The lowest BCUT2D eigenvalue weighted by Gasteiger charge is -2.21. The molecule has 0 spiro atoms. The molecule has 10 nitrogen and oxygen atoms in total. The van der Waals surface area contributed by atoms with Gasteiger partial charge in [-0.3, -0.25) is 9.78 Å². The van der Waals surface area contributed by atoms with Crippen LogP contribution in [0.25, 0.3) is 28.1 Å². The minimum atomic E-state index is -2.31. The van der Waals surface area contributed by atoms with Gasteiger partial charge in [-0.25, -0.2) is 14.2 Å². The average Bonchev–Trinajstić information content (AvgIpc) is 2.95. The van der Waals surface area contributed by atoms with Gasteiger partial charge in [0, 0.05) is 11.8 Å². The fourth-order valence-corrected chi connectivity index (χ4v) is 3.99.